The van der Waals surface area contributed by atoms with Crippen molar-refractivity contribution in [2.24, 2.45) is 11.7 Å². The molecule has 1 amide bonds. The predicted octanol–water partition coefficient (Wildman–Crippen LogP) is 4.93. The van der Waals surface area contributed by atoms with Gasteiger partial charge >= 0.3 is 6.18 Å². The maximum atomic E-state index is 14.1. The molecule has 190 valence electrons. The summed E-state index contributed by atoms with van der Waals surface area (Å²) in [4.78, 5) is 11.3. The Labute approximate surface area is 209 Å². The maximum absolute atomic E-state index is 14.1. The first-order chi connectivity index (χ1) is 16.9. The third-order valence-electron chi connectivity index (χ3n) is 5.77. The van der Waals surface area contributed by atoms with Crippen LogP contribution in [0.1, 0.15) is 16.7 Å². The van der Waals surface area contributed by atoms with Crippen molar-refractivity contribution in [1.82, 2.24) is 0 Å². The lowest BCUT2D eigenvalue weighted by atomic mass is 9.93. The molecule has 0 saturated heterocycles. The number of anilines is 1. The number of amides is 1. The molecule has 0 saturated carbocycles. The van der Waals surface area contributed by atoms with Crippen LogP contribution in [-0.2, 0) is 34.0 Å². The van der Waals surface area contributed by atoms with E-state index in [1.807, 2.05) is 0 Å². The summed E-state index contributed by atoms with van der Waals surface area (Å²) in [5.41, 5.74) is 4.94. The fourth-order valence-electron chi connectivity index (χ4n) is 3.87. The van der Waals surface area contributed by atoms with Crippen LogP contribution in [0.5, 0.6) is 5.75 Å². The number of halogens is 5. The molecule has 2 N–H and O–H groups in total. The van der Waals surface area contributed by atoms with Crippen molar-refractivity contribution < 1.29 is 35.5 Å². The molecule has 1 unspecified atom stereocenters. The lowest BCUT2D eigenvalue weighted by Crippen LogP contribution is -2.44. The van der Waals surface area contributed by atoms with Gasteiger partial charge in [0, 0.05) is 18.2 Å². The number of primary amides is 1. The topological polar surface area (TPSA) is 89.7 Å². The van der Waals surface area contributed by atoms with E-state index >= 15 is 0 Å². The van der Waals surface area contributed by atoms with Crippen molar-refractivity contribution in [2.45, 2.75) is 24.1 Å². The van der Waals surface area contributed by atoms with Gasteiger partial charge in [-0.05, 0) is 48.4 Å². The number of carbonyl (C=O) groups excluding carboxylic acids is 1. The Morgan fingerprint density at radius 3 is 2.50 bits per heavy atom. The first-order valence-electron chi connectivity index (χ1n) is 10.6. The van der Waals surface area contributed by atoms with Crippen molar-refractivity contribution in [3.63, 3.8) is 0 Å². The molecule has 1 aliphatic rings. The minimum Gasteiger partial charge on any atom is -0.489 e. The average molecular weight is 543 g/mol. The van der Waals surface area contributed by atoms with Crippen molar-refractivity contribution in [3.05, 3.63) is 88.2 Å². The number of benzene rings is 3. The molecule has 12 heteroatoms. The van der Waals surface area contributed by atoms with E-state index in [0.29, 0.717) is 11.6 Å². The van der Waals surface area contributed by atoms with Gasteiger partial charge in [0.2, 0.25) is 5.91 Å². The second-order valence-electron chi connectivity index (χ2n) is 8.14. The Balaban J connectivity index is 1.73. The second kappa shape index (κ2) is 9.62. The normalized spacial score (nSPS) is 15.9. The number of fused-ring (bicyclic) bond motifs is 1. The number of carbonyl (C=O) groups is 1. The molecule has 0 spiro atoms. The molecule has 36 heavy (non-hydrogen) atoms. The quantitative estimate of drug-likeness (QED) is 0.447. The molecular weight excluding hydrogens is 524 g/mol. The molecule has 4 rings (SSSR count). The van der Waals surface area contributed by atoms with Gasteiger partial charge in [-0.25, -0.2) is 12.8 Å². The molecule has 6 nitrogen and oxygen atoms in total. The van der Waals surface area contributed by atoms with E-state index in [0.717, 1.165) is 22.5 Å². The summed E-state index contributed by atoms with van der Waals surface area (Å²) < 4.78 is 87.2. The summed E-state index contributed by atoms with van der Waals surface area (Å²) in [5, 5.41) is 0.144. The van der Waals surface area contributed by atoms with E-state index in [1.54, 1.807) is 0 Å². The summed E-state index contributed by atoms with van der Waals surface area (Å²) in [6, 6.07) is 11.9. The Bertz CT molecular complexity index is 1410. The van der Waals surface area contributed by atoms with Crippen molar-refractivity contribution in [1.29, 1.82) is 0 Å². The highest BCUT2D eigenvalue weighted by Crippen LogP contribution is 2.38. The summed E-state index contributed by atoms with van der Waals surface area (Å²) in [6.07, 6.45) is -4.63. The van der Waals surface area contributed by atoms with Crippen LogP contribution in [0, 0.1) is 11.7 Å². The minimum atomic E-state index is -4.75. The zero-order valence-electron chi connectivity index (χ0n) is 18.4. The van der Waals surface area contributed by atoms with Gasteiger partial charge in [-0.2, -0.15) is 13.2 Å². The number of sulfonamides is 1. The zero-order valence-corrected chi connectivity index (χ0v) is 20.0. The van der Waals surface area contributed by atoms with E-state index in [4.69, 9.17) is 22.1 Å². The molecule has 3 aromatic rings. The van der Waals surface area contributed by atoms with Crippen molar-refractivity contribution >= 4 is 33.2 Å². The maximum Gasteiger partial charge on any atom is 0.416 e. The van der Waals surface area contributed by atoms with E-state index in [9.17, 15) is 30.8 Å². The number of rotatable bonds is 6. The lowest BCUT2D eigenvalue weighted by Gasteiger charge is -2.34. The SMILES string of the molecule is NC(=O)C1Cc2ccc(OCc3c(F)cccc3Cl)cc2N(S(=O)(=O)c2cccc(C(F)(F)F)c2)C1. The third-order valence-corrected chi connectivity index (χ3v) is 7.90. The molecule has 1 heterocycles. The molecule has 1 atom stereocenters. The van der Waals surface area contributed by atoms with Gasteiger partial charge in [-0.1, -0.05) is 29.8 Å². The fourth-order valence-corrected chi connectivity index (χ4v) is 5.67. The number of hydrogen-bond acceptors (Lipinski definition) is 4. The van der Waals surface area contributed by atoms with Crippen LogP contribution in [0.3, 0.4) is 0 Å². The fraction of sp³-hybridized carbons (Fsp3) is 0.208. The predicted molar refractivity (Wildman–Crippen MR) is 125 cm³/mol. The van der Waals surface area contributed by atoms with Gasteiger partial charge in [0.25, 0.3) is 10.0 Å². The van der Waals surface area contributed by atoms with Gasteiger partial charge in [0.05, 0.1) is 27.1 Å². The van der Waals surface area contributed by atoms with Gasteiger partial charge in [-0.15, -0.1) is 0 Å². The Morgan fingerprint density at radius 2 is 1.83 bits per heavy atom. The van der Waals surface area contributed by atoms with E-state index < -0.39 is 44.3 Å². The smallest absolute Gasteiger partial charge is 0.416 e. The van der Waals surface area contributed by atoms with Crippen LogP contribution in [-0.4, -0.2) is 20.9 Å². The monoisotopic (exact) mass is 542 g/mol. The number of nitrogens with zero attached hydrogens (tertiary/aromatic N) is 1. The number of ether oxygens (including phenoxy) is 1. The highest BCUT2D eigenvalue weighted by Gasteiger charge is 2.37. The molecule has 0 fully saturated rings. The van der Waals surface area contributed by atoms with Gasteiger partial charge in [0.15, 0.2) is 0 Å². The highest BCUT2D eigenvalue weighted by atomic mass is 35.5. The number of alkyl halides is 3. The molecular formula is C24H19ClF4N2O4S. The average Bonchev–Trinajstić information content (AvgIpc) is 2.82. The van der Waals surface area contributed by atoms with Gasteiger partial charge in [-0.3, -0.25) is 9.10 Å². The van der Waals surface area contributed by atoms with Crippen molar-refractivity contribution in [3.8, 4) is 5.75 Å². The van der Waals surface area contributed by atoms with Crippen molar-refractivity contribution in [2.75, 3.05) is 10.8 Å². The number of nitrogens with two attached hydrogens (primary N) is 1. The molecule has 0 bridgehead atoms. The van der Waals surface area contributed by atoms with Crippen LogP contribution in [0.15, 0.2) is 65.6 Å². The molecule has 1 aliphatic heterocycles. The summed E-state index contributed by atoms with van der Waals surface area (Å²) in [5.74, 6) is -2.07. The Morgan fingerprint density at radius 1 is 1.11 bits per heavy atom. The largest absolute Gasteiger partial charge is 0.489 e. The third kappa shape index (κ3) is 5.12. The van der Waals surface area contributed by atoms with Crippen LogP contribution < -0.4 is 14.8 Å². The molecule has 0 aromatic heterocycles. The standard InChI is InChI=1S/C24H19ClF4N2O4S/c25-20-5-2-6-21(26)19(20)13-35-17-8-7-14-9-15(23(30)32)12-31(22(14)11-17)36(33,34)18-4-1-3-16(10-18)24(27,28)29/h1-8,10-11,15H,9,12-13H2,(H2,30,32). The summed E-state index contributed by atoms with van der Waals surface area (Å²) in [6.45, 7) is -0.627. The summed E-state index contributed by atoms with van der Waals surface area (Å²) >= 11 is 6.02. The van der Waals surface area contributed by atoms with Gasteiger partial charge < -0.3 is 10.5 Å². The first-order valence-corrected chi connectivity index (χ1v) is 12.4. The Kier molecular flexibility index (Phi) is 6.89. The van der Waals surface area contributed by atoms with E-state index in [1.165, 1.54) is 36.4 Å². The van der Waals surface area contributed by atoms with Crippen LogP contribution >= 0.6 is 11.6 Å². The first kappa shape index (κ1) is 25.8. The Hall–Kier alpha value is -3.31. The van der Waals surface area contributed by atoms with Crippen LogP contribution in [0.2, 0.25) is 5.02 Å². The zero-order chi connectivity index (χ0) is 26.3. The van der Waals surface area contributed by atoms with Crippen LogP contribution in [0.4, 0.5) is 23.2 Å². The summed E-state index contributed by atoms with van der Waals surface area (Å²) in [7, 11) is -4.53. The minimum absolute atomic E-state index is 0.0964. The molecule has 0 aliphatic carbocycles. The lowest BCUT2D eigenvalue weighted by molar-refractivity contribution is -0.137. The molecule has 0 radical (unpaired) electrons. The van der Waals surface area contributed by atoms with Crippen LogP contribution in [0.25, 0.3) is 0 Å². The van der Waals surface area contributed by atoms with E-state index in [2.05, 4.69) is 0 Å². The number of hydrogen-bond donors (Lipinski definition) is 1. The van der Waals surface area contributed by atoms with Gasteiger partial charge in [0.1, 0.15) is 18.2 Å². The van der Waals surface area contributed by atoms with E-state index in [-0.39, 0.29) is 41.6 Å². The second-order valence-corrected chi connectivity index (χ2v) is 10.4. The molecule has 3 aromatic carbocycles. The highest BCUT2D eigenvalue weighted by molar-refractivity contribution is 7.92.